The molecule has 0 bridgehead atoms. The number of ether oxygens (including phenoxy) is 2. The molecule has 1 N–H and O–H groups in total. The largest absolute Gasteiger partial charge is 0.478 e. The number of hydrogen-bond acceptors (Lipinski definition) is 5. The highest BCUT2D eigenvalue weighted by molar-refractivity contribution is 5.78. The Bertz CT molecular complexity index is 780. The van der Waals surface area contributed by atoms with Crippen molar-refractivity contribution in [3.8, 4) is 17.3 Å². The van der Waals surface area contributed by atoms with E-state index >= 15 is 0 Å². The van der Waals surface area contributed by atoms with Gasteiger partial charge in [-0.3, -0.25) is 4.79 Å². The van der Waals surface area contributed by atoms with Gasteiger partial charge in [-0.25, -0.2) is 4.98 Å². The lowest BCUT2D eigenvalue weighted by Crippen LogP contribution is -2.32. The molecule has 1 aliphatic carbocycles. The second-order valence-corrected chi connectivity index (χ2v) is 6.99. The zero-order chi connectivity index (χ0) is 19.8. The van der Waals surface area contributed by atoms with Crippen LogP contribution >= 0.6 is 0 Å². The number of carbonyl (C=O) groups excluding carboxylic acids is 1. The number of aromatic nitrogens is 2. The molecule has 3 rings (SSSR count). The molecule has 1 amide bonds. The van der Waals surface area contributed by atoms with Crippen molar-refractivity contribution in [3.63, 3.8) is 0 Å². The number of hydrogen-bond donors (Lipinski definition) is 1. The molecule has 1 atom stereocenters. The number of aryl methyl sites for hydroxylation is 1. The maximum atomic E-state index is 12.5. The van der Waals surface area contributed by atoms with Gasteiger partial charge in [0.25, 0.3) is 0 Å². The number of carbonyl (C=O) groups is 1. The molecule has 1 unspecified atom stereocenters. The lowest BCUT2D eigenvalue weighted by Gasteiger charge is -2.14. The molecule has 150 valence electrons. The molecule has 0 spiro atoms. The molecule has 0 fully saturated rings. The van der Waals surface area contributed by atoms with Crippen LogP contribution < -0.4 is 10.1 Å². The Kier molecular flexibility index (Phi) is 7.37. The summed E-state index contributed by atoms with van der Waals surface area (Å²) in [7, 11) is 1.67. The Hall–Kier alpha value is -2.47. The fraction of sp³-hybridized carbons (Fsp3) is 0.500. The first-order chi connectivity index (χ1) is 13.7. The molecule has 1 aromatic heterocycles. The van der Waals surface area contributed by atoms with Crippen molar-refractivity contribution in [2.75, 3.05) is 26.9 Å². The van der Waals surface area contributed by atoms with Gasteiger partial charge in [0.2, 0.25) is 11.8 Å². The minimum atomic E-state index is -0.00797. The van der Waals surface area contributed by atoms with E-state index in [0.29, 0.717) is 31.5 Å². The Morgan fingerprint density at radius 2 is 1.96 bits per heavy atom. The van der Waals surface area contributed by atoms with Gasteiger partial charge in [0, 0.05) is 37.3 Å². The van der Waals surface area contributed by atoms with Gasteiger partial charge in [0.05, 0.1) is 12.3 Å². The smallest absolute Gasteiger partial charge is 0.223 e. The molecule has 0 saturated heterocycles. The highest BCUT2D eigenvalue weighted by Crippen LogP contribution is 2.31. The van der Waals surface area contributed by atoms with Crippen molar-refractivity contribution in [1.82, 2.24) is 15.3 Å². The summed E-state index contributed by atoms with van der Waals surface area (Å²) < 4.78 is 10.9. The molecule has 0 saturated carbocycles. The summed E-state index contributed by atoms with van der Waals surface area (Å²) in [4.78, 5) is 22.1. The van der Waals surface area contributed by atoms with Crippen molar-refractivity contribution in [3.05, 3.63) is 41.6 Å². The minimum Gasteiger partial charge on any atom is -0.478 e. The first kappa shape index (κ1) is 20.3. The number of rotatable bonds is 8. The summed E-state index contributed by atoms with van der Waals surface area (Å²) in [6, 6.07) is 9.95. The third-order valence-corrected chi connectivity index (χ3v) is 5.04. The van der Waals surface area contributed by atoms with Crippen LogP contribution in [0.2, 0.25) is 0 Å². The zero-order valence-electron chi connectivity index (χ0n) is 16.7. The van der Waals surface area contributed by atoms with Crippen LogP contribution in [0.1, 0.15) is 37.4 Å². The van der Waals surface area contributed by atoms with Gasteiger partial charge in [-0.05, 0) is 39.0 Å². The molecule has 6 heteroatoms. The maximum absolute atomic E-state index is 12.5. The van der Waals surface area contributed by atoms with Crippen molar-refractivity contribution in [2.24, 2.45) is 5.92 Å². The van der Waals surface area contributed by atoms with Crippen LogP contribution in [0.15, 0.2) is 30.3 Å². The average Bonchev–Trinajstić information content (AvgIpc) is 2.95. The van der Waals surface area contributed by atoms with E-state index in [1.54, 1.807) is 7.11 Å². The zero-order valence-corrected chi connectivity index (χ0v) is 16.7. The second kappa shape index (κ2) is 10.2. The van der Waals surface area contributed by atoms with Gasteiger partial charge in [0.1, 0.15) is 0 Å². The van der Waals surface area contributed by atoms with E-state index in [2.05, 4.69) is 10.3 Å². The van der Waals surface area contributed by atoms with Crippen LogP contribution in [0.4, 0.5) is 0 Å². The average molecular weight is 383 g/mol. The van der Waals surface area contributed by atoms with E-state index < -0.39 is 0 Å². The number of nitrogens with zero attached hydrogens (tertiary/aromatic N) is 2. The monoisotopic (exact) mass is 383 g/mol. The van der Waals surface area contributed by atoms with Gasteiger partial charge in [-0.15, -0.1) is 0 Å². The lowest BCUT2D eigenvalue weighted by atomic mass is 9.99. The predicted molar refractivity (Wildman–Crippen MR) is 108 cm³/mol. The van der Waals surface area contributed by atoms with Gasteiger partial charge >= 0.3 is 0 Å². The normalized spacial score (nSPS) is 16.1. The predicted octanol–water partition coefficient (Wildman–Crippen LogP) is 3.19. The third-order valence-electron chi connectivity index (χ3n) is 5.04. The SMILES string of the molecule is CCOc1nc(-c2ccccc2)nc2c1CCC(C(=O)NCCCOC)CC2. The molecule has 0 radical (unpaired) electrons. The Morgan fingerprint density at radius 3 is 2.71 bits per heavy atom. The van der Waals surface area contributed by atoms with Gasteiger partial charge in [-0.2, -0.15) is 4.98 Å². The fourth-order valence-electron chi connectivity index (χ4n) is 3.55. The minimum absolute atomic E-state index is 0.00797. The van der Waals surface area contributed by atoms with Gasteiger partial charge in [0.15, 0.2) is 5.82 Å². The van der Waals surface area contributed by atoms with E-state index in [0.717, 1.165) is 48.9 Å². The van der Waals surface area contributed by atoms with Crippen LogP contribution in [0.25, 0.3) is 11.4 Å². The molecule has 1 aliphatic rings. The molecule has 2 aromatic rings. The summed E-state index contributed by atoms with van der Waals surface area (Å²) in [5.41, 5.74) is 3.03. The topological polar surface area (TPSA) is 73.3 Å². The molecular formula is C22H29N3O3. The Labute approximate surface area is 166 Å². The molecule has 1 aromatic carbocycles. The number of fused-ring (bicyclic) bond motifs is 1. The number of methoxy groups -OCH3 is 1. The molecular weight excluding hydrogens is 354 g/mol. The maximum Gasteiger partial charge on any atom is 0.223 e. The Balaban J connectivity index is 1.76. The standard InChI is InChI=1S/C22H29N3O3/c1-3-28-22-18-12-10-17(21(26)23-14-7-15-27-2)11-13-19(18)24-20(25-22)16-8-5-4-6-9-16/h4-6,8-9,17H,3,7,10-15H2,1-2H3,(H,23,26). The third kappa shape index (κ3) is 5.07. The summed E-state index contributed by atoms with van der Waals surface area (Å²) in [5, 5.41) is 3.03. The van der Waals surface area contributed by atoms with Crippen molar-refractivity contribution < 1.29 is 14.3 Å². The van der Waals surface area contributed by atoms with Crippen molar-refractivity contribution in [1.29, 1.82) is 0 Å². The van der Waals surface area contributed by atoms with Crippen LogP contribution in [-0.4, -0.2) is 42.7 Å². The van der Waals surface area contributed by atoms with E-state index in [4.69, 9.17) is 14.5 Å². The number of nitrogens with one attached hydrogen (secondary N) is 1. The summed E-state index contributed by atoms with van der Waals surface area (Å²) in [6.45, 7) is 3.83. The first-order valence-electron chi connectivity index (χ1n) is 10.1. The lowest BCUT2D eigenvalue weighted by molar-refractivity contribution is -0.125. The summed E-state index contributed by atoms with van der Waals surface area (Å²) in [6.07, 6.45) is 3.93. The fourth-order valence-corrected chi connectivity index (χ4v) is 3.55. The van der Waals surface area contributed by atoms with Crippen LogP contribution in [0.5, 0.6) is 5.88 Å². The van der Waals surface area contributed by atoms with Gasteiger partial charge in [-0.1, -0.05) is 30.3 Å². The quantitative estimate of drug-likeness (QED) is 0.560. The van der Waals surface area contributed by atoms with Crippen LogP contribution in [0.3, 0.4) is 0 Å². The highest BCUT2D eigenvalue weighted by atomic mass is 16.5. The van der Waals surface area contributed by atoms with Crippen LogP contribution in [0, 0.1) is 5.92 Å². The number of amides is 1. The highest BCUT2D eigenvalue weighted by Gasteiger charge is 2.26. The van der Waals surface area contributed by atoms with E-state index in [1.807, 2.05) is 37.3 Å². The number of benzene rings is 1. The molecule has 6 nitrogen and oxygen atoms in total. The first-order valence-corrected chi connectivity index (χ1v) is 10.1. The molecule has 0 aliphatic heterocycles. The van der Waals surface area contributed by atoms with Gasteiger partial charge < -0.3 is 14.8 Å². The van der Waals surface area contributed by atoms with E-state index in [9.17, 15) is 4.79 Å². The summed E-state index contributed by atoms with van der Waals surface area (Å²) >= 11 is 0. The van der Waals surface area contributed by atoms with E-state index in [1.165, 1.54) is 0 Å². The van der Waals surface area contributed by atoms with Crippen molar-refractivity contribution in [2.45, 2.75) is 39.0 Å². The summed E-state index contributed by atoms with van der Waals surface area (Å²) in [5.74, 6) is 1.46. The molecule has 1 heterocycles. The molecule has 28 heavy (non-hydrogen) atoms. The van der Waals surface area contributed by atoms with Crippen LogP contribution in [-0.2, 0) is 22.4 Å². The van der Waals surface area contributed by atoms with E-state index in [-0.39, 0.29) is 11.8 Å². The Morgan fingerprint density at radius 1 is 1.18 bits per heavy atom. The second-order valence-electron chi connectivity index (χ2n) is 6.99. The van der Waals surface area contributed by atoms with Crippen molar-refractivity contribution >= 4 is 5.91 Å².